The normalized spacial score (nSPS) is 24.4. The van der Waals surface area contributed by atoms with Crippen LogP contribution in [0.1, 0.15) is 51.9 Å². The van der Waals surface area contributed by atoms with Crippen LogP contribution in [0.5, 0.6) is 0 Å². The third-order valence-electron chi connectivity index (χ3n) is 5.03. The van der Waals surface area contributed by atoms with Crippen LogP contribution in [-0.4, -0.2) is 59.6 Å². The van der Waals surface area contributed by atoms with Crippen LogP contribution in [0.3, 0.4) is 0 Å². The molecule has 4 nitrogen and oxygen atoms in total. The maximum atomic E-state index is 12.6. The summed E-state index contributed by atoms with van der Waals surface area (Å²) in [5.74, 6) is 0.674. The summed E-state index contributed by atoms with van der Waals surface area (Å²) in [6.07, 6.45) is 8.20. The van der Waals surface area contributed by atoms with E-state index in [9.17, 15) is 9.90 Å². The van der Waals surface area contributed by atoms with Crippen molar-refractivity contribution in [1.29, 1.82) is 0 Å². The van der Waals surface area contributed by atoms with E-state index in [0.717, 1.165) is 45.4 Å². The van der Waals surface area contributed by atoms with Crippen LogP contribution in [0.25, 0.3) is 0 Å². The summed E-state index contributed by atoms with van der Waals surface area (Å²) in [4.78, 5) is 17.0. The number of carbonyl (C=O) groups excluding carboxylic acids is 1. The zero-order valence-corrected chi connectivity index (χ0v) is 12.9. The van der Waals surface area contributed by atoms with E-state index in [-0.39, 0.29) is 18.6 Å². The first-order valence-corrected chi connectivity index (χ1v) is 8.40. The van der Waals surface area contributed by atoms with Gasteiger partial charge in [0.1, 0.15) is 0 Å². The minimum Gasteiger partial charge on any atom is -0.395 e. The Labute approximate surface area is 123 Å². The largest absolute Gasteiger partial charge is 0.395 e. The molecule has 1 atom stereocenters. The Kier molecular flexibility index (Phi) is 6.30. The zero-order chi connectivity index (χ0) is 14.4. The first kappa shape index (κ1) is 15.8. The fourth-order valence-electron chi connectivity index (χ4n) is 3.59. The monoisotopic (exact) mass is 282 g/mol. The van der Waals surface area contributed by atoms with Crippen molar-refractivity contribution in [2.24, 2.45) is 5.92 Å². The van der Waals surface area contributed by atoms with Gasteiger partial charge in [0.05, 0.1) is 6.61 Å². The second kappa shape index (κ2) is 7.99. The molecule has 0 bridgehead atoms. The molecule has 4 heteroatoms. The quantitative estimate of drug-likeness (QED) is 0.801. The maximum Gasteiger partial charge on any atom is 0.225 e. The van der Waals surface area contributed by atoms with E-state index in [1.54, 1.807) is 0 Å². The Balaban J connectivity index is 1.81. The molecule has 1 heterocycles. The number of nitrogens with zero attached hydrogens (tertiary/aromatic N) is 2. The lowest BCUT2D eigenvalue weighted by molar-refractivity contribution is -0.138. The van der Waals surface area contributed by atoms with E-state index in [1.807, 2.05) is 0 Å². The van der Waals surface area contributed by atoms with E-state index >= 15 is 0 Å². The fourth-order valence-corrected chi connectivity index (χ4v) is 3.59. The lowest BCUT2D eigenvalue weighted by atomic mass is 9.98. The standard InChI is InChI=1S/C16H30N2O2/c1-2-15(13-19)17-9-11-18(12-10-17)16(20)14-7-5-3-4-6-8-14/h14-15,19H,2-13H2,1H3. The summed E-state index contributed by atoms with van der Waals surface area (Å²) >= 11 is 0. The van der Waals surface area contributed by atoms with Crippen LogP contribution in [0.15, 0.2) is 0 Å². The van der Waals surface area contributed by atoms with Crippen molar-refractivity contribution < 1.29 is 9.90 Å². The van der Waals surface area contributed by atoms with E-state index in [1.165, 1.54) is 25.7 Å². The molecule has 0 radical (unpaired) electrons. The summed E-state index contributed by atoms with van der Waals surface area (Å²) in [6, 6.07) is 0.269. The van der Waals surface area contributed by atoms with Gasteiger partial charge >= 0.3 is 0 Å². The molecule has 2 aliphatic rings. The van der Waals surface area contributed by atoms with Crippen LogP contribution in [0, 0.1) is 5.92 Å². The molecule has 1 unspecified atom stereocenters. The predicted molar refractivity (Wildman–Crippen MR) is 80.5 cm³/mol. The van der Waals surface area contributed by atoms with Gasteiger partial charge in [0.25, 0.3) is 0 Å². The Morgan fingerprint density at radius 2 is 1.70 bits per heavy atom. The molecule has 1 N–H and O–H groups in total. The van der Waals surface area contributed by atoms with Gasteiger partial charge in [0.15, 0.2) is 0 Å². The highest BCUT2D eigenvalue weighted by Crippen LogP contribution is 2.25. The van der Waals surface area contributed by atoms with Crippen LogP contribution < -0.4 is 0 Å². The third-order valence-corrected chi connectivity index (χ3v) is 5.03. The molecule has 20 heavy (non-hydrogen) atoms. The van der Waals surface area contributed by atoms with E-state index in [0.29, 0.717) is 5.91 Å². The molecular weight excluding hydrogens is 252 g/mol. The molecule has 2 rings (SSSR count). The first-order valence-electron chi connectivity index (χ1n) is 8.40. The van der Waals surface area contributed by atoms with Gasteiger partial charge < -0.3 is 10.0 Å². The van der Waals surface area contributed by atoms with Gasteiger partial charge in [-0.2, -0.15) is 0 Å². The molecule has 0 aromatic carbocycles. The van der Waals surface area contributed by atoms with Gasteiger partial charge in [-0.1, -0.05) is 32.6 Å². The van der Waals surface area contributed by atoms with Gasteiger partial charge in [-0.15, -0.1) is 0 Å². The summed E-state index contributed by atoms with van der Waals surface area (Å²) in [5, 5.41) is 9.37. The van der Waals surface area contributed by atoms with Crippen LogP contribution >= 0.6 is 0 Å². The minimum absolute atomic E-state index is 0.229. The minimum atomic E-state index is 0.229. The van der Waals surface area contributed by atoms with Crippen molar-refractivity contribution in [3.63, 3.8) is 0 Å². The lowest BCUT2D eigenvalue weighted by Crippen LogP contribution is -2.53. The summed E-state index contributed by atoms with van der Waals surface area (Å²) < 4.78 is 0. The van der Waals surface area contributed by atoms with Gasteiger partial charge in [-0.25, -0.2) is 0 Å². The van der Waals surface area contributed by atoms with Crippen molar-refractivity contribution in [2.45, 2.75) is 57.9 Å². The molecule has 2 fully saturated rings. The molecule has 116 valence electrons. The van der Waals surface area contributed by atoms with Gasteiger partial charge in [-0.3, -0.25) is 9.69 Å². The van der Waals surface area contributed by atoms with Crippen LogP contribution in [0.4, 0.5) is 0 Å². The van der Waals surface area contributed by atoms with Gasteiger partial charge in [-0.05, 0) is 19.3 Å². The van der Waals surface area contributed by atoms with E-state index < -0.39 is 0 Å². The second-order valence-corrected chi connectivity index (χ2v) is 6.29. The molecular formula is C16H30N2O2. The smallest absolute Gasteiger partial charge is 0.225 e. The maximum absolute atomic E-state index is 12.6. The number of rotatable bonds is 4. The topological polar surface area (TPSA) is 43.8 Å². The molecule has 0 spiro atoms. The van der Waals surface area contributed by atoms with Crippen molar-refractivity contribution in [1.82, 2.24) is 9.80 Å². The molecule has 1 aliphatic heterocycles. The van der Waals surface area contributed by atoms with Crippen molar-refractivity contribution in [3.8, 4) is 0 Å². The van der Waals surface area contributed by atoms with Crippen LogP contribution in [-0.2, 0) is 4.79 Å². The first-order chi connectivity index (χ1) is 9.76. The van der Waals surface area contributed by atoms with E-state index in [4.69, 9.17) is 0 Å². The average molecular weight is 282 g/mol. The zero-order valence-electron chi connectivity index (χ0n) is 12.9. The third kappa shape index (κ3) is 3.95. The average Bonchev–Trinajstić information content (AvgIpc) is 2.77. The number of aliphatic hydroxyl groups is 1. The number of piperazine rings is 1. The Morgan fingerprint density at radius 3 is 2.20 bits per heavy atom. The molecule has 1 aliphatic carbocycles. The van der Waals surface area contributed by atoms with Crippen molar-refractivity contribution >= 4 is 5.91 Å². The summed E-state index contributed by atoms with van der Waals surface area (Å²) in [5.41, 5.74) is 0. The predicted octanol–water partition coefficient (Wildman–Crippen LogP) is 1.87. The van der Waals surface area contributed by atoms with Crippen molar-refractivity contribution in [2.75, 3.05) is 32.8 Å². The number of amides is 1. The number of hydrogen-bond donors (Lipinski definition) is 1. The molecule has 0 aromatic rings. The summed E-state index contributed by atoms with van der Waals surface area (Å²) in [6.45, 7) is 5.85. The molecule has 1 amide bonds. The van der Waals surface area contributed by atoms with Gasteiger partial charge in [0.2, 0.25) is 5.91 Å². The van der Waals surface area contributed by atoms with Crippen molar-refractivity contribution in [3.05, 3.63) is 0 Å². The molecule has 0 aromatic heterocycles. The highest BCUT2D eigenvalue weighted by molar-refractivity contribution is 5.79. The molecule has 1 saturated carbocycles. The van der Waals surface area contributed by atoms with Crippen LogP contribution in [0.2, 0.25) is 0 Å². The second-order valence-electron chi connectivity index (χ2n) is 6.29. The highest BCUT2D eigenvalue weighted by Gasteiger charge is 2.29. The Bertz CT molecular complexity index is 289. The lowest BCUT2D eigenvalue weighted by Gasteiger charge is -2.39. The Hall–Kier alpha value is -0.610. The molecule has 1 saturated heterocycles. The van der Waals surface area contributed by atoms with Gasteiger partial charge in [0, 0.05) is 38.1 Å². The summed E-state index contributed by atoms with van der Waals surface area (Å²) in [7, 11) is 0. The SMILES string of the molecule is CCC(CO)N1CCN(C(=O)C2CCCCCC2)CC1. The number of hydrogen-bond acceptors (Lipinski definition) is 3. The van der Waals surface area contributed by atoms with E-state index in [2.05, 4.69) is 16.7 Å². The Morgan fingerprint density at radius 1 is 1.10 bits per heavy atom. The fraction of sp³-hybridized carbons (Fsp3) is 0.938. The number of aliphatic hydroxyl groups excluding tert-OH is 1. The highest BCUT2D eigenvalue weighted by atomic mass is 16.3. The number of carbonyl (C=O) groups is 1.